The van der Waals surface area contributed by atoms with Gasteiger partial charge in [0.2, 0.25) is 0 Å². The largest absolute Gasteiger partial charge is 0.380 e. The van der Waals surface area contributed by atoms with Gasteiger partial charge in [-0.15, -0.1) is 0 Å². The highest BCUT2D eigenvalue weighted by molar-refractivity contribution is 5.89. The van der Waals surface area contributed by atoms with Crippen molar-refractivity contribution in [2.75, 3.05) is 17.2 Å². The number of carbonyl (C=O) groups is 1. The molecule has 0 fully saturated rings. The fourth-order valence-electron chi connectivity index (χ4n) is 2.48. The van der Waals surface area contributed by atoms with Gasteiger partial charge in [0.25, 0.3) is 0 Å². The van der Waals surface area contributed by atoms with Crippen LogP contribution in [-0.4, -0.2) is 23.6 Å². The summed E-state index contributed by atoms with van der Waals surface area (Å²) in [5, 5.41) is 9.11. The van der Waals surface area contributed by atoms with Crippen molar-refractivity contribution >= 4 is 17.4 Å². The van der Waals surface area contributed by atoms with Crippen molar-refractivity contribution in [1.29, 1.82) is 0 Å². The fourth-order valence-corrected chi connectivity index (χ4v) is 2.48. The molecular weight excluding hydrogens is 264 g/mol. The van der Waals surface area contributed by atoms with Crippen LogP contribution in [0.3, 0.4) is 0 Å². The van der Waals surface area contributed by atoms with E-state index in [1.54, 1.807) is 18.5 Å². The Morgan fingerprint density at radius 3 is 3.05 bits per heavy atom. The Morgan fingerprint density at radius 1 is 1.29 bits per heavy atom. The van der Waals surface area contributed by atoms with Crippen molar-refractivity contribution in [1.82, 2.24) is 10.3 Å². The van der Waals surface area contributed by atoms with E-state index in [2.05, 4.69) is 39.1 Å². The van der Waals surface area contributed by atoms with Crippen LogP contribution < -0.4 is 16.0 Å². The number of rotatable bonds is 3. The summed E-state index contributed by atoms with van der Waals surface area (Å²) in [5.74, 6) is 0. The number of hydrogen-bond acceptors (Lipinski definition) is 3. The molecule has 3 N–H and O–H groups in total. The topological polar surface area (TPSA) is 66.1 Å². The Morgan fingerprint density at radius 2 is 2.19 bits per heavy atom. The van der Waals surface area contributed by atoms with Crippen molar-refractivity contribution in [2.45, 2.75) is 18.9 Å². The van der Waals surface area contributed by atoms with E-state index in [0.29, 0.717) is 12.2 Å². The van der Waals surface area contributed by atoms with Crippen molar-refractivity contribution in [3.63, 3.8) is 0 Å². The third-order valence-corrected chi connectivity index (χ3v) is 3.57. The van der Waals surface area contributed by atoms with Crippen LogP contribution in [0, 0.1) is 0 Å². The molecule has 1 aromatic heterocycles. The third-order valence-electron chi connectivity index (χ3n) is 3.57. The minimum atomic E-state index is -0.205. The highest BCUT2D eigenvalue weighted by Gasteiger charge is 2.17. The van der Waals surface area contributed by atoms with Crippen molar-refractivity contribution in [3.05, 3.63) is 54.4 Å². The molecule has 1 aliphatic rings. The lowest BCUT2D eigenvalue weighted by Gasteiger charge is -2.27. The minimum Gasteiger partial charge on any atom is -0.380 e. The highest BCUT2D eigenvalue weighted by atomic mass is 16.2. The van der Waals surface area contributed by atoms with Gasteiger partial charge in [0.05, 0.1) is 11.9 Å². The van der Waals surface area contributed by atoms with E-state index in [1.165, 1.54) is 11.3 Å². The van der Waals surface area contributed by atoms with E-state index in [4.69, 9.17) is 0 Å². The van der Waals surface area contributed by atoms with E-state index in [9.17, 15) is 4.79 Å². The average Bonchev–Trinajstić information content (AvgIpc) is 2.54. The molecular formula is C16H18N4O. The van der Waals surface area contributed by atoms with E-state index in [-0.39, 0.29) is 12.1 Å². The summed E-state index contributed by atoms with van der Waals surface area (Å²) in [4.78, 5) is 15.8. The zero-order chi connectivity index (χ0) is 14.5. The van der Waals surface area contributed by atoms with E-state index >= 15 is 0 Å². The number of nitrogens with zero attached hydrogens (tertiary/aromatic N) is 1. The number of nitrogens with one attached hydrogen (secondary N) is 3. The molecule has 0 spiro atoms. The van der Waals surface area contributed by atoms with E-state index in [0.717, 1.165) is 12.8 Å². The van der Waals surface area contributed by atoms with Crippen LogP contribution in [-0.2, 0) is 6.42 Å². The average molecular weight is 282 g/mol. The molecule has 2 heterocycles. The molecule has 0 radical (unpaired) electrons. The van der Waals surface area contributed by atoms with E-state index < -0.39 is 0 Å². The lowest BCUT2D eigenvalue weighted by molar-refractivity contribution is 0.251. The number of hydrogen-bond donors (Lipinski definition) is 3. The number of aryl methyl sites for hydroxylation is 1. The Bertz CT molecular complexity index is 615. The predicted molar refractivity (Wildman–Crippen MR) is 83.4 cm³/mol. The van der Waals surface area contributed by atoms with Crippen LogP contribution >= 0.6 is 0 Å². The molecule has 0 saturated heterocycles. The van der Waals surface area contributed by atoms with Gasteiger partial charge >= 0.3 is 6.03 Å². The SMILES string of the molecule is O=C(NCC1CCc2ccccc2N1)Nc1cccnc1. The molecule has 3 rings (SSSR count). The maximum Gasteiger partial charge on any atom is 0.319 e. The third kappa shape index (κ3) is 3.51. The Labute approximate surface area is 123 Å². The van der Waals surface area contributed by atoms with Gasteiger partial charge < -0.3 is 16.0 Å². The Balaban J connectivity index is 1.49. The second-order valence-corrected chi connectivity index (χ2v) is 5.11. The lowest BCUT2D eigenvalue weighted by Crippen LogP contribution is -2.40. The van der Waals surface area contributed by atoms with Gasteiger partial charge in [-0.25, -0.2) is 4.79 Å². The first-order valence-corrected chi connectivity index (χ1v) is 7.10. The van der Waals surface area contributed by atoms with Gasteiger partial charge in [-0.2, -0.15) is 0 Å². The zero-order valence-electron chi connectivity index (χ0n) is 11.7. The molecule has 0 saturated carbocycles. The molecule has 108 valence electrons. The molecule has 0 bridgehead atoms. The summed E-state index contributed by atoms with van der Waals surface area (Å²) in [6.45, 7) is 0.598. The number of aromatic nitrogens is 1. The Hall–Kier alpha value is -2.56. The second-order valence-electron chi connectivity index (χ2n) is 5.11. The van der Waals surface area contributed by atoms with Crippen LogP contribution in [0.15, 0.2) is 48.8 Å². The summed E-state index contributed by atoms with van der Waals surface area (Å²) in [6.07, 6.45) is 5.35. The minimum absolute atomic E-state index is 0.205. The van der Waals surface area contributed by atoms with Crippen LogP contribution in [0.5, 0.6) is 0 Å². The summed E-state index contributed by atoms with van der Waals surface area (Å²) < 4.78 is 0. The normalized spacial score (nSPS) is 16.5. The van der Waals surface area contributed by atoms with Gasteiger partial charge in [-0.1, -0.05) is 18.2 Å². The smallest absolute Gasteiger partial charge is 0.319 e. The number of para-hydroxylation sites is 1. The number of amides is 2. The monoisotopic (exact) mass is 282 g/mol. The quantitative estimate of drug-likeness (QED) is 0.810. The number of urea groups is 1. The van der Waals surface area contributed by atoms with Gasteiger partial charge in [0.1, 0.15) is 0 Å². The summed E-state index contributed by atoms with van der Waals surface area (Å²) in [6, 6.07) is 12.0. The first-order valence-electron chi connectivity index (χ1n) is 7.10. The maximum absolute atomic E-state index is 11.8. The molecule has 5 heteroatoms. The molecule has 2 amide bonds. The summed E-state index contributed by atoms with van der Waals surface area (Å²) >= 11 is 0. The van der Waals surface area contributed by atoms with Crippen molar-refractivity contribution in [2.24, 2.45) is 0 Å². The van der Waals surface area contributed by atoms with Gasteiger partial charge in [-0.3, -0.25) is 4.98 Å². The number of benzene rings is 1. The molecule has 1 atom stereocenters. The predicted octanol–water partition coefficient (Wildman–Crippen LogP) is 2.63. The van der Waals surface area contributed by atoms with Gasteiger partial charge in [0.15, 0.2) is 0 Å². The zero-order valence-corrected chi connectivity index (χ0v) is 11.7. The fraction of sp³-hybridized carbons (Fsp3) is 0.250. The highest BCUT2D eigenvalue weighted by Crippen LogP contribution is 2.23. The van der Waals surface area contributed by atoms with Crippen LogP contribution in [0.25, 0.3) is 0 Å². The van der Waals surface area contributed by atoms with Crippen LogP contribution in [0.1, 0.15) is 12.0 Å². The van der Waals surface area contributed by atoms with Crippen molar-refractivity contribution < 1.29 is 4.79 Å². The van der Waals surface area contributed by atoms with Crippen LogP contribution in [0.2, 0.25) is 0 Å². The van der Waals surface area contributed by atoms with E-state index in [1.807, 2.05) is 12.1 Å². The lowest BCUT2D eigenvalue weighted by atomic mass is 9.98. The van der Waals surface area contributed by atoms with Crippen molar-refractivity contribution in [3.8, 4) is 0 Å². The number of carbonyl (C=O) groups excluding carboxylic acids is 1. The molecule has 0 aliphatic carbocycles. The molecule has 1 aliphatic heterocycles. The van der Waals surface area contributed by atoms with Gasteiger partial charge in [0, 0.05) is 24.5 Å². The summed E-state index contributed by atoms with van der Waals surface area (Å²) in [7, 11) is 0. The van der Waals surface area contributed by atoms with Gasteiger partial charge in [-0.05, 0) is 36.6 Å². The standard InChI is InChI=1S/C16H18N4O/c21-16(20-13-5-3-9-17-10-13)18-11-14-8-7-12-4-1-2-6-15(12)19-14/h1-6,9-10,14,19H,7-8,11H2,(H2,18,20,21). The molecule has 1 unspecified atom stereocenters. The number of anilines is 2. The molecule has 2 aromatic rings. The molecule has 21 heavy (non-hydrogen) atoms. The number of pyridine rings is 1. The summed E-state index contributed by atoms with van der Waals surface area (Å²) in [5.41, 5.74) is 3.20. The molecule has 5 nitrogen and oxygen atoms in total. The second kappa shape index (κ2) is 6.26. The van der Waals surface area contributed by atoms with Crippen LogP contribution in [0.4, 0.5) is 16.2 Å². The number of fused-ring (bicyclic) bond motifs is 1. The Kier molecular flexibility index (Phi) is 4.00. The molecule has 1 aromatic carbocycles. The first kappa shape index (κ1) is 13.4. The first-order chi connectivity index (χ1) is 10.3. The maximum atomic E-state index is 11.8.